The van der Waals surface area contributed by atoms with Crippen molar-refractivity contribution in [1.82, 2.24) is 5.32 Å². The minimum atomic E-state index is -1.17. The van der Waals surface area contributed by atoms with Crippen LogP contribution >= 0.6 is 0 Å². The van der Waals surface area contributed by atoms with Gasteiger partial charge in [0.15, 0.2) is 0 Å². The second-order valence-electron chi connectivity index (χ2n) is 4.21. The molecule has 0 radical (unpaired) electrons. The molecule has 0 saturated heterocycles. The van der Waals surface area contributed by atoms with Gasteiger partial charge in [-0.15, -0.1) is 0 Å². The van der Waals surface area contributed by atoms with Crippen LogP contribution in [0, 0.1) is 0 Å². The first-order valence-electron chi connectivity index (χ1n) is 5.89. The van der Waals surface area contributed by atoms with Crippen LogP contribution in [-0.4, -0.2) is 48.1 Å². The fourth-order valence-electron chi connectivity index (χ4n) is 1.83. The second kappa shape index (κ2) is 7.08. The summed E-state index contributed by atoms with van der Waals surface area (Å²) < 4.78 is 5.05. The van der Waals surface area contributed by atoms with Crippen LogP contribution in [-0.2, 0) is 11.2 Å². The van der Waals surface area contributed by atoms with E-state index in [2.05, 4.69) is 5.32 Å². The maximum atomic E-state index is 10.8. The zero-order valence-electron chi connectivity index (χ0n) is 11.0. The Kier molecular flexibility index (Phi) is 5.75. The number of hydrogen-bond donors (Lipinski definition) is 4. The molecule has 4 N–H and O–H groups in total. The Morgan fingerprint density at radius 3 is 2.63 bits per heavy atom. The molecule has 0 aliphatic rings. The number of ether oxygens (including phenoxy) is 1. The smallest absolute Gasteiger partial charge is 0.307 e. The van der Waals surface area contributed by atoms with Gasteiger partial charge in [-0.05, 0) is 30.3 Å². The third-order valence-electron chi connectivity index (χ3n) is 2.79. The third-order valence-corrected chi connectivity index (χ3v) is 2.79. The van der Waals surface area contributed by atoms with Crippen LogP contribution < -0.4 is 10.1 Å². The summed E-state index contributed by atoms with van der Waals surface area (Å²) in [5, 5.41) is 31.5. The number of carboxylic acid groups (broad SMARTS) is 1. The summed E-state index contributed by atoms with van der Waals surface area (Å²) in [6.07, 6.45) is -2.41. The first kappa shape index (κ1) is 15.4. The second-order valence-corrected chi connectivity index (χ2v) is 4.21. The summed E-state index contributed by atoms with van der Waals surface area (Å²) in [4.78, 5) is 10.8. The van der Waals surface area contributed by atoms with Gasteiger partial charge in [0.25, 0.3) is 0 Å². The molecule has 1 aromatic carbocycles. The normalized spacial score (nSPS) is 13.9. The van der Waals surface area contributed by atoms with Gasteiger partial charge in [0.1, 0.15) is 11.9 Å². The molecular weight excluding hydrogens is 250 g/mol. The van der Waals surface area contributed by atoms with Crippen LogP contribution in [0.15, 0.2) is 18.2 Å². The molecule has 1 rings (SSSR count). The molecule has 1 aromatic rings. The fraction of sp³-hybridized carbons (Fsp3) is 0.462. The Morgan fingerprint density at radius 1 is 1.42 bits per heavy atom. The summed E-state index contributed by atoms with van der Waals surface area (Å²) in [7, 11) is 3.13. The molecule has 6 nitrogen and oxygen atoms in total. The number of aliphatic hydroxyl groups excluding tert-OH is 2. The van der Waals surface area contributed by atoms with Gasteiger partial charge in [-0.25, -0.2) is 0 Å². The topological polar surface area (TPSA) is 99.0 Å². The Labute approximate surface area is 111 Å². The molecule has 0 aliphatic carbocycles. The van der Waals surface area contributed by atoms with Crippen LogP contribution in [0.4, 0.5) is 0 Å². The van der Waals surface area contributed by atoms with Crippen molar-refractivity contribution >= 4 is 5.97 Å². The Morgan fingerprint density at radius 2 is 2.11 bits per heavy atom. The molecule has 19 heavy (non-hydrogen) atoms. The van der Waals surface area contributed by atoms with E-state index in [1.54, 1.807) is 25.2 Å². The molecular formula is C13H19NO5. The molecule has 0 heterocycles. The first-order valence-corrected chi connectivity index (χ1v) is 5.89. The fourth-order valence-corrected chi connectivity index (χ4v) is 1.83. The van der Waals surface area contributed by atoms with Crippen molar-refractivity contribution < 1.29 is 24.9 Å². The number of hydrogen-bond acceptors (Lipinski definition) is 5. The van der Waals surface area contributed by atoms with Crippen LogP contribution in [0.5, 0.6) is 5.75 Å². The zero-order chi connectivity index (χ0) is 14.4. The third kappa shape index (κ3) is 4.20. The molecule has 0 bridgehead atoms. The Bertz CT molecular complexity index is 435. The molecule has 2 atom stereocenters. The summed E-state index contributed by atoms with van der Waals surface area (Å²) >= 11 is 0. The van der Waals surface area contributed by atoms with E-state index in [-0.39, 0.29) is 13.0 Å². The molecule has 0 aliphatic heterocycles. The number of aliphatic hydroxyl groups is 2. The number of rotatable bonds is 7. The van der Waals surface area contributed by atoms with E-state index in [0.29, 0.717) is 16.9 Å². The molecule has 0 fully saturated rings. The van der Waals surface area contributed by atoms with E-state index < -0.39 is 18.2 Å². The number of aliphatic carboxylic acids is 1. The van der Waals surface area contributed by atoms with Gasteiger partial charge in [-0.2, -0.15) is 0 Å². The maximum Gasteiger partial charge on any atom is 0.307 e. The van der Waals surface area contributed by atoms with Gasteiger partial charge in [0.05, 0.1) is 19.6 Å². The minimum absolute atomic E-state index is 0.199. The number of carboxylic acids is 1. The first-order chi connectivity index (χ1) is 8.99. The van der Waals surface area contributed by atoms with E-state index in [1.165, 1.54) is 7.11 Å². The predicted octanol–water partition coefficient (Wildman–Crippen LogP) is -0.0640. The minimum Gasteiger partial charge on any atom is -0.497 e. The monoisotopic (exact) mass is 269 g/mol. The molecule has 0 saturated carbocycles. The van der Waals surface area contributed by atoms with E-state index in [4.69, 9.17) is 9.84 Å². The van der Waals surface area contributed by atoms with Crippen molar-refractivity contribution in [2.75, 3.05) is 20.7 Å². The number of methoxy groups -OCH3 is 1. The van der Waals surface area contributed by atoms with Crippen LogP contribution in [0.3, 0.4) is 0 Å². The van der Waals surface area contributed by atoms with E-state index in [1.807, 2.05) is 0 Å². The summed E-state index contributed by atoms with van der Waals surface area (Å²) in [6.45, 7) is 0.199. The van der Waals surface area contributed by atoms with Gasteiger partial charge in [-0.3, -0.25) is 4.79 Å². The Balaban J connectivity index is 3.08. The van der Waals surface area contributed by atoms with Crippen LogP contribution in [0.1, 0.15) is 17.2 Å². The summed E-state index contributed by atoms with van der Waals surface area (Å²) in [6, 6.07) is 4.75. The van der Waals surface area contributed by atoms with Crippen molar-refractivity contribution in [3.05, 3.63) is 29.3 Å². The summed E-state index contributed by atoms with van der Waals surface area (Å²) in [5.41, 5.74) is 0.820. The highest BCUT2D eigenvalue weighted by molar-refractivity contribution is 5.71. The average Bonchev–Trinajstić information content (AvgIpc) is 2.38. The van der Waals surface area contributed by atoms with E-state index >= 15 is 0 Å². The lowest BCUT2D eigenvalue weighted by atomic mass is 9.96. The molecule has 106 valence electrons. The summed E-state index contributed by atoms with van der Waals surface area (Å²) in [5.74, 6) is -0.499. The molecule has 2 unspecified atom stereocenters. The number of likely N-dealkylation sites (N-methyl/N-ethyl adjacent to an activating group) is 1. The average molecular weight is 269 g/mol. The number of carbonyl (C=O) groups is 1. The largest absolute Gasteiger partial charge is 0.497 e. The highest BCUT2D eigenvalue weighted by atomic mass is 16.5. The van der Waals surface area contributed by atoms with Crippen molar-refractivity contribution in [3.63, 3.8) is 0 Å². The molecule has 6 heteroatoms. The SMILES string of the molecule is CNCC(O)C(O)c1cc(OC)ccc1CC(=O)O. The molecule has 0 spiro atoms. The lowest BCUT2D eigenvalue weighted by Gasteiger charge is -2.21. The van der Waals surface area contributed by atoms with Gasteiger partial charge < -0.3 is 25.4 Å². The van der Waals surface area contributed by atoms with Crippen molar-refractivity contribution in [3.8, 4) is 5.75 Å². The highest BCUT2D eigenvalue weighted by Crippen LogP contribution is 2.26. The zero-order valence-corrected chi connectivity index (χ0v) is 11.0. The van der Waals surface area contributed by atoms with Crippen molar-refractivity contribution in [2.45, 2.75) is 18.6 Å². The lowest BCUT2D eigenvalue weighted by Crippen LogP contribution is -2.30. The van der Waals surface area contributed by atoms with Crippen molar-refractivity contribution in [2.24, 2.45) is 0 Å². The Hall–Kier alpha value is -1.63. The van der Waals surface area contributed by atoms with Crippen LogP contribution in [0.25, 0.3) is 0 Å². The van der Waals surface area contributed by atoms with Gasteiger partial charge in [0.2, 0.25) is 0 Å². The van der Waals surface area contributed by atoms with Crippen molar-refractivity contribution in [1.29, 1.82) is 0 Å². The predicted molar refractivity (Wildman–Crippen MR) is 69.2 cm³/mol. The maximum absolute atomic E-state index is 10.8. The lowest BCUT2D eigenvalue weighted by molar-refractivity contribution is -0.136. The van der Waals surface area contributed by atoms with E-state index in [9.17, 15) is 15.0 Å². The number of benzene rings is 1. The number of nitrogens with one attached hydrogen (secondary N) is 1. The van der Waals surface area contributed by atoms with E-state index in [0.717, 1.165) is 0 Å². The van der Waals surface area contributed by atoms with Gasteiger partial charge in [-0.1, -0.05) is 6.07 Å². The van der Waals surface area contributed by atoms with Gasteiger partial charge >= 0.3 is 5.97 Å². The van der Waals surface area contributed by atoms with Gasteiger partial charge in [0, 0.05) is 6.54 Å². The van der Waals surface area contributed by atoms with Crippen LogP contribution in [0.2, 0.25) is 0 Å². The molecule has 0 amide bonds. The highest BCUT2D eigenvalue weighted by Gasteiger charge is 2.22. The quantitative estimate of drug-likeness (QED) is 0.553. The molecule has 0 aromatic heterocycles. The standard InChI is InChI=1S/C13H19NO5/c1-14-7-11(15)13(18)10-6-9(19-2)4-3-8(10)5-12(16)17/h3-4,6,11,13-15,18H,5,7H2,1-2H3,(H,16,17).